The van der Waals surface area contributed by atoms with E-state index in [9.17, 15) is 9.59 Å². The highest BCUT2D eigenvalue weighted by molar-refractivity contribution is 7.08. The number of benzene rings is 2. The van der Waals surface area contributed by atoms with Crippen LogP contribution < -0.4 is 10.1 Å². The molecule has 4 rings (SSSR count). The molecule has 0 aliphatic heterocycles. The number of aryl methyl sites for hydroxylation is 1. The van der Waals surface area contributed by atoms with Gasteiger partial charge in [0, 0.05) is 10.9 Å². The average Bonchev–Trinajstić information content (AvgIpc) is 3.39. The van der Waals surface area contributed by atoms with Gasteiger partial charge >= 0.3 is 0 Å². The molecule has 4 aromatic rings. The lowest BCUT2D eigenvalue weighted by Crippen LogP contribution is -2.14. The van der Waals surface area contributed by atoms with Gasteiger partial charge in [-0.3, -0.25) is 9.59 Å². The van der Waals surface area contributed by atoms with E-state index in [4.69, 9.17) is 9.15 Å². The lowest BCUT2D eigenvalue weighted by molar-refractivity contribution is 0.101. The van der Waals surface area contributed by atoms with Gasteiger partial charge in [0.1, 0.15) is 16.2 Å². The molecule has 1 amide bonds. The van der Waals surface area contributed by atoms with Gasteiger partial charge in [-0.15, -0.1) is 5.10 Å². The van der Waals surface area contributed by atoms with Gasteiger partial charge in [-0.1, -0.05) is 23.5 Å². The van der Waals surface area contributed by atoms with E-state index in [1.165, 1.54) is 0 Å². The Morgan fingerprint density at radius 2 is 1.87 bits per heavy atom. The molecule has 0 saturated heterocycles. The van der Waals surface area contributed by atoms with Gasteiger partial charge < -0.3 is 14.5 Å². The van der Waals surface area contributed by atoms with Crippen LogP contribution in [-0.2, 0) is 6.42 Å². The molecule has 1 N–H and O–H groups in total. The zero-order valence-corrected chi connectivity index (χ0v) is 17.3. The summed E-state index contributed by atoms with van der Waals surface area (Å²) < 4.78 is 15.1. The van der Waals surface area contributed by atoms with Crippen molar-refractivity contribution in [2.24, 2.45) is 0 Å². The van der Waals surface area contributed by atoms with E-state index >= 15 is 0 Å². The third kappa shape index (κ3) is 3.69. The topological polar surface area (TPSA) is 94.3 Å². The zero-order valence-electron chi connectivity index (χ0n) is 16.5. The van der Waals surface area contributed by atoms with Crippen LogP contribution in [0.25, 0.3) is 11.0 Å². The third-order valence-corrected chi connectivity index (χ3v) is 5.33. The van der Waals surface area contributed by atoms with Crippen LogP contribution in [0, 0.1) is 0 Å². The number of nitrogens with one attached hydrogen (secondary N) is 1. The molecule has 7 nitrogen and oxygen atoms in total. The molecule has 0 fully saturated rings. The van der Waals surface area contributed by atoms with Crippen LogP contribution in [0.4, 0.5) is 5.69 Å². The Morgan fingerprint density at radius 1 is 1.10 bits per heavy atom. The van der Waals surface area contributed by atoms with Crippen LogP contribution >= 0.6 is 11.5 Å². The normalized spacial score (nSPS) is 10.9. The van der Waals surface area contributed by atoms with Crippen molar-refractivity contribution in [2.45, 2.75) is 20.3 Å². The first-order valence-electron chi connectivity index (χ1n) is 9.54. The Morgan fingerprint density at radius 3 is 2.60 bits per heavy atom. The minimum absolute atomic E-state index is 0.0734. The van der Waals surface area contributed by atoms with Crippen molar-refractivity contribution < 1.29 is 18.7 Å². The lowest BCUT2D eigenvalue weighted by Gasteiger charge is -2.06. The molecule has 8 heteroatoms. The number of fused-ring (bicyclic) bond motifs is 1. The number of nitrogens with zero attached hydrogens (tertiary/aromatic N) is 2. The number of rotatable bonds is 7. The van der Waals surface area contributed by atoms with Crippen molar-refractivity contribution >= 4 is 39.9 Å². The fraction of sp³-hybridized carbons (Fsp3) is 0.182. The highest BCUT2D eigenvalue weighted by Gasteiger charge is 2.25. The molecule has 0 aliphatic rings. The fourth-order valence-corrected chi connectivity index (χ4v) is 3.76. The summed E-state index contributed by atoms with van der Waals surface area (Å²) in [6, 6.07) is 14.0. The summed E-state index contributed by atoms with van der Waals surface area (Å²) in [5.41, 5.74) is 1.90. The Bertz CT molecular complexity index is 1210. The Kier molecular flexibility index (Phi) is 5.58. The first-order chi connectivity index (χ1) is 14.6. The van der Waals surface area contributed by atoms with Gasteiger partial charge in [0.25, 0.3) is 5.91 Å². The van der Waals surface area contributed by atoms with Gasteiger partial charge in [0.15, 0.2) is 5.76 Å². The highest BCUT2D eigenvalue weighted by atomic mass is 32.1. The Labute approximate surface area is 176 Å². The molecule has 0 bridgehead atoms. The van der Waals surface area contributed by atoms with Crippen molar-refractivity contribution in [3.05, 3.63) is 70.4 Å². The fourth-order valence-electron chi connectivity index (χ4n) is 3.11. The predicted molar refractivity (Wildman–Crippen MR) is 114 cm³/mol. The maximum Gasteiger partial charge on any atom is 0.269 e. The smallest absolute Gasteiger partial charge is 0.269 e. The number of carbonyl (C=O) groups excluding carboxylic acids is 2. The minimum Gasteiger partial charge on any atom is -0.494 e. The molecule has 0 unspecified atom stereocenters. The van der Waals surface area contributed by atoms with Gasteiger partial charge in [-0.05, 0) is 61.3 Å². The van der Waals surface area contributed by atoms with Crippen molar-refractivity contribution in [2.75, 3.05) is 11.9 Å². The monoisotopic (exact) mass is 421 g/mol. The summed E-state index contributed by atoms with van der Waals surface area (Å²) in [7, 11) is 0. The largest absolute Gasteiger partial charge is 0.494 e. The number of hydrogen-bond acceptors (Lipinski definition) is 7. The number of hydrogen-bond donors (Lipinski definition) is 1. The summed E-state index contributed by atoms with van der Waals surface area (Å²) in [6.45, 7) is 4.34. The number of carbonyl (C=O) groups is 2. The van der Waals surface area contributed by atoms with E-state index in [0.717, 1.165) is 11.5 Å². The number of para-hydroxylation sites is 1. The van der Waals surface area contributed by atoms with Crippen LogP contribution in [0.5, 0.6) is 5.75 Å². The SMILES string of the molecule is CCOc1ccc(C(=O)c2oc3ccccc3c2NC(=O)c2snnc2CC)cc1. The summed E-state index contributed by atoms with van der Waals surface area (Å²) in [6.07, 6.45) is 0.587. The van der Waals surface area contributed by atoms with Crippen LogP contribution in [0.3, 0.4) is 0 Å². The molecule has 152 valence electrons. The first kappa shape index (κ1) is 19.8. The third-order valence-electron chi connectivity index (χ3n) is 4.56. The predicted octanol–water partition coefficient (Wildman–Crippen LogP) is 4.73. The van der Waals surface area contributed by atoms with Crippen molar-refractivity contribution in [3.63, 3.8) is 0 Å². The zero-order chi connectivity index (χ0) is 21.1. The molecule has 2 heterocycles. The molecule has 0 aliphatic carbocycles. The van der Waals surface area contributed by atoms with Crippen molar-refractivity contribution in [3.8, 4) is 5.75 Å². The molecule has 0 saturated carbocycles. The lowest BCUT2D eigenvalue weighted by atomic mass is 10.1. The van der Waals surface area contributed by atoms with Crippen LogP contribution in [0.15, 0.2) is 52.9 Å². The maximum absolute atomic E-state index is 13.2. The van der Waals surface area contributed by atoms with Gasteiger partial charge in [0.2, 0.25) is 5.78 Å². The van der Waals surface area contributed by atoms with Crippen molar-refractivity contribution in [1.29, 1.82) is 0 Å². The average molecular weight is 421 g/mol. The molecule has 0 atom stereocenters. The second kappa shape index (κ2) is 8.46. The number of amides is 1. The molecular formula is C22H19N3O4S. The molecule has 2 aromatic carbocycles. The number of anilines is 1. The Balaban J connectivity index is 1.73. The van der Waals surface area contributed by atoms with Gasteiger partial charge in [0.05, 0.1) is 18.0 Å². The van der Waals surface area contributed by atoms with Crippen molar-refractivity contribution in [1.82, 2.24) is 9.59 Å². The number of furan rings is 1. The number of ketones is 1. The summed E-state index contributed by atoms with van der Waals surface area (Å²) in [5, 5.41) is 7.48. The molecule has 0 radical (unpaired) electrons. The second-order valence-corrected chi connectivity index (χ2v) is 7.20. The van der Waals surface area contributed by atoms with Gasteiger partial charge in [-0.25, -0.2) is 0 Å². The highest BCUT2D eigenvalue weighted by Crippen LogP contribution is 2.33. The molecule has 30 heavy (non-hydrogen) atoms. The number of aromatic nitrogens is 2. The quantitative estimate of drug-likeness (QED) is 0.434. The standard InChI is InChI=1S/C22H19N3O4S/c1-3-16-21(30-25-24-16)22(27)23-18-15-7-5-6-8-17(15)29-20(18)19(26)13-9-11-14(12-10-13)28-4-2/h5-12H,3-4H2,1-2H3,(H,23,27). The molecule has 0 spiro atoms. The van der Waals surface area contributed by atoms with Gasteiger partial charge in [-0.2, -0.15) is 0 Å². The second-order valence-electron chi connectivity index (χ2n) is 6.45. The van der Waals surface area contributed by atoms with Crippen LogP contribution in [0.2, 0.25) is 0 Å². The Hall–Kier alpha value is -3.52. The summed E-state index contributed by atoms with van der Waals surface area (Å²) in [5.74, 6) is 0.0537. The van der Waals surface area contributed by atoms with E-state index < -0.39 is 0 Å². The van der Waals surface area contributed by atoms with E-state index in [-0.39, 0.29) is 17.5 Å². The molecule has 2 aromatic heterocycles. The van der Waals surface area contributed by atoms with Crippen LogP contribution in [0.1, 0.15) is 45.3 Å². The van der Waals surface area contributed by atoms with E-state index in [1.807, 2.05) is 26.0 Å². The first-order valence-corrected chi connectivity index (χ1v) is 10.3. The maximum atomic E-state index is 13.2. The summed E-state index contributed by atoms with van der Waals surface area (Å²) in [4.78, 5) is 26.5. The van der Waals surface area contributed by atoms with E-state index in [1.54, 1.807) is 36.4 Å². The van der Waals surface area contributed by atoms with Crippen LogP contribution in [-0.4, -0.2) is 27.9 Å². The summed E-state index contributed by atoms with van der Waals surface area (Å²) >= 11 is 1.02. The number of ether oxygens (including phenoxy) is 1. The van der Waals surface area contributed by atoms with E-state index in [0.29, 0.717) is 51.6 Å². The minimum atomic E-state index is -0.367. The van der Waals surface area contributed by atoms with E-state index in [2.05, 4.69) is 14.9 Å². The molecular weight excluding hydrogens is 402 g/mol.